The minimum atomic E-state index is -0.551. The Morgan fingerprint density at radius 1 is 0.955 bits per heavy atom. The number of nitrogens with one attached hydrogen (secondary N) is 2. The third kappa shape index (κ3) is 5.53. The first-order chi connectivity index (χ1) is 21.2. The first kappa shape index (κ1) is 29.1. The maximum absolute atomic E-state index is 13.3. The van der Waals surface area contributed by atoms with Crippen LogP contribution >= 0.6 is 0 Å². The maximum atomic E-state index is 13.3. The van der Waals surface area contributed by atoms with Gasteiger partial charge >= 0.3 is 0 Å². The molecule has 3 amide bonds. The summed E-state index contributed by atoms with van der Waals surface area (Å²) in [4.78, 5) is 47.2. The Morgan fingerprint density at radius 2 is 1.68 bits per heavy atom. The molecule has 1 saturated heterocycles. The number of unbranched alkanes of at least 4 members (excludes halogenated alkanes) is 1. The third-order valence-corrected chi connectivity index (χ3v) is 7.92. The summed E-state index contributed by atoms with van der Waals surface area (Å²) in [6.45, 7) is 8.35. The second kappa shape index (κ2) is 11.9. The number of aryl methyl sites for hydroxylation is 5. The molecule has 4 N–H and O–H groups in total. The number of rotatable bonds is 11. The van der Waals surface area contributed by atoms with Crippen LogP contribution < -0.4 is 16.4 Å². The lowest BCUT2D eigenvalue weighted by molar-refractivity contribution is -0.133. The molecular formula is C31H35N9O4. The van der Waals surface area contributed by atoms with Gasteiger partial charge in [0.2, 0.25) is 23.7 Å². The molecule has 228 valence electrons. The Balaban J connectivity index is 1.24. The van der Waals surface area contributed by atoms with Gasteiger partial charge in [-0.1, -0.05) is 12.1 Å². The molecule has 0 unspecified atom stereocenters. The van der Waals surface area contributed by atoms with Crippen LogP contribution in [0.3, 0.4) is 0 Å². The van der Waals surface area contributed by atoms with Gasteiger partial charge < -0.3 is 19.6 Å². The van der Waals surface area contributed by atoms with Gasteiger partial charge in [-0.2, -0.15) is 5.10 Å². The van der Waals surface area contributed by atoms with Crippen LogP contribution in [-0.2, 0) is 29.2 Å². The molecule has 2 aromatic carbocycles. The Bertz CT molecular complexity index is 1900. The summed E-state index contributed by atoms with van der Waals surface area (Å²) >= 11 is 0. The molecule has 0 atom stereocenters. The lowest BCUT2D eigenvalue weighted by Gasteiger charge is -2.24. The molecule has 0 bridgehead atoms. The lowest BCUT2D eigenvalue weighted by atomic mass is 10.1. The van der Waals surface area contributed by atoms with E-state index in [-0.39, 0.29) is 17.7 Å². The average molecular weight is 598 g/mol. The molecule has 0 saturated carbocycles. The topological polar surface area (TPSA) is 164 Å². The highest BCUT2D eigenvalue weighted by atomic mass is 16.5. The number of benzene rings is 2. The zero-order valence-corrected chi connectivity index (χ0v) is 25.0. The second-order valence-corrected chi connectivity index (χ2v) is 11.1. The van der Waals surface area contributed by atoms with Crippen LogP contribution in [0.5, 0.6) is 0 Å². The number of nitrogens with zero attached hydrogens (tertiary/aromatic N) is 6. The number of ether oxygens (including phenoxy) is 1. The quantitative estimate of drug-likeness (QED) is 0.196. The summed E-state index contributed by atoms with van der Waals surface area (Å²) in [7, 11) is 0. The largest absolute Gasteiger partial charge is 0.380 e. The molecule has 44 heavy (non-hydrogen) atoms. The highest BCUT2D eigenvalue weighted by Gasteiger charge is 2.28. The Kier molecular flexibility index (Phi) is 7.87. The number of hydrogen-bond donors (Lipinski definition) is 3. The van der Waals surface area contributed by atoms with E-state index in [1.807, 2.05) is 43.5 Å². The van der Waals surface area contributed by atoms with Crippen molar-refractivity contribution in [2.24, 2.45) is 11.7 Å². The molecule has 0 aliphatic carbocycles. The van der Waals surface area contributed by atoms with Gasteiger partial charge in [0.05, 0.1) is 46.9 Å². The molecule has 0 spiro atoms. The van der Waals surface area contributed by atoms with Crippen molar-refractivity contribution >= 4 is 51.7 Å². The molecule has 6 rings (SSSR count). The van der Waals surface area contributed by atoms with E-state index in [1.165, 1.54) is 0 Å². The zero-order chi connectivity index (χ0) is 31.0. The predicted molar refractivity (Wildman–Crippen MR) is 165 cm³/mol. The summed E-state index contributed by atoms with van der Waals surface area (Å²) in [5.41, 5.74) is 11.2. The number of hydrogen-bond acceptors (Lipinski definition) is 7. The fourth-order valence-electron chi connectivity index (χ4n) is 5.56. The van der Waals surface area contributed by atoms with Gasteiger partial charge in [-0.05, 0) is 69.5 Å². The van der Waals surface area contributed by atoms with E-state index in [2.05, 4.69) is 25.3 Å². The monoisotopic (exact) mass is 597 g/mol. The Labute approximate surface area is 253 Å². The van der Waals surface area contributed by atoms with Crippen molar-refractivity contribution in [2.45, 2.75) is 53.2 Å². The maximum Gasteiger partial charge on any atom is 0.276 e. The van der Waals surface area contributed by atoms with Crippen molar-refractivity contribution in [2.75, 3.05) is 23.8 Å². The van der Waals surface area contributed by atoms with E-state index in [0.717, 1.165) is 40.6 Å². The summed E-state index contributed by atoms with van der Waals surface area (Å²) in [6, 6.07) is 12.8. The van der Waals surface area contributed by atoms with Gasteiger partial charge in [-0.25, -0.2) is 9.97 Å². The predicted octanol–water partition coefficient (Wildman–Crippen LogP) is 3.64. The standard InChI is InChI=1S/C31H35N9O4/c1-4-40-25(14-19(3)37-40)29(43)36-30-34-23-15-20(27(32)41)10-11-24(23)38(30)12-5-6-13-39-26-18(2)8-7-9-22(26)33-31(39)35-28(42)21-16-44-17-21/h7-11,14-15,21H,4-6,12-13,16-17H2,1-3H3,(H2,32,41)(H,33,35,42)(H,34,36,43). The summed E-state index contributed by atoms with van der Waals surface area (Å²) in [6.07, 6.45) is 1.48. The number of amides is 3. The van der Waals surface area contributed by atoms with Crippen molar-refractivity contribution in [3.63, 3.8) is 0 Å². The normalized spacial score (nSPS) is 13.3. The van der Waals surface area contributed by atoms with Crippen LogP contribution in [0.2, 0.25) is 0 Å². The van der Waals surface area contributed by atoms with Gasteiger partial charge in [-0.15, -0.1) is 0 Å². The van der Waals surface area contributed by atoms with Gasteiger partial charge in [0.25, 0.3) is 5.91 Å². The Morgan fingerprint density at radius 3 is 2.39 bits per heavy atom. The van der Waals surface area contributed by atoms with Crippen molar-refractivity contribution in [3.05, 3.63) is 65.0 Å². The first-order valence-corrected chi connectivity index (χ1v) is 14.7. The average Bonchev–Trinajstić information content (AvgIpc) is 3.62. The fourth-order valence-corrected chi connectivity index (χ4v) is 5.56. The molecule has 13 nitrogen and oxygen atoms in total. The zero-order valence-electron chi connectivity index (χ0n) is 25.0. The van der Waals surface area contributed by atoms with E-state index in [0.29, 0.717) is 61.5 Å². The molecule has 5 aromatic rings. The minimum Gasteiger partial charge on any atom is -0.380 e. The second-order valence-electron chi connectivity index (χ2n) is 11.1. The number of carbonyl (C=O) groups excluding carboxylic acids is 3. The van der Waals surface area contributed by atoms with Crippen molar-refractivity contribution < 1.29 is 19.1 Å². The van der Waals surface area contributed by atoms with Crippen LogP contribution in [0.1, 0.15) is 51.9 Å². The van der Waals surface area contributed by atoms with E-state index >= 15 is 0 Å². The minimum absolute atomic E-state index is 0.0920. The van der Waals surface area contributed by atoms with Gasteiger partial charge in [0.1, 0.15) is 5.69 Å². The van der Waals surface area contributed by atoms with Gasteiger partial charge in [0, 0.05) is 25.2 Å². The summed E-state index contributed by atoms with van der Waals surface area (Å²) in [5.74, 6) is -0.239. The number of aromatic nitrogens is 6. The molecule has 4 heterocycles. The van der Waals surface area contributed by atoms with Crippen LogP contribution in [0.25, 0.3) is 22.1 Å². The Hall–Kier alpha value is -5.04. The molecule has 1 fully saturated rings. The van der Waals surface area contributed by atoms with Gasteiger partial charge in [0.15, 0.2) is 0 Å². The molecule has 1 aliphatic rings. The van der Waals surface area contributed by atoms with Crippen LogP contribution in [0.15, 0.2) is 42.5 Å². The number of imidazole rings is 2. The number of primary amides is 1. The van der Waals surface area contributed by atoms with E-state index in [1.54, 1.807) is 28.9 Å². The third-order valence-electron chi connectivity index (χ3n) is 7.92. The van der Waals surface area contributed by atoms with Crippen molar-refractivity contribution in [1.82, 2.24) is 28.9 Å². The molecule has 0 radical (unpaired) electrons. The molecule has 13 heteroatoms. The summed E-state index contributed by atoms with van der Waals surface area (Å²) < 4.78 is 10.8. The lowest BCUT2D eigenvalue weighted by Crippen LogP contribution is -2.38. The SMILES string of the molecule is CCn1nc(C)cc1C(=O)Nc1nc2cc(C(N)=O)ccc2n1CCCCn1c(NC(=O)C2COC2)nc2cccc(C)c21. The number of para-hydroxylation sites is 1. The van der Waals surface area contributed by atoms with E-state index in [9.17, 15) is 14.4 Å². The molecule has 1 aliphatic heterocycles. The number of fused-ring (bicyclic) bond motifs is 2. The number of carbonyl (C=O) groups is 3. The summed E-state index contributed by atoms with van der Waals surface area (Å²) in [5, 5.41) is 10.3. The number of nitrogens with two attached hydrogens (primary N) is 1. The first-order valence-electron chi connectivity index (χ1n) is 14.7. The highest BCUT2D eigenvalue weighted by molar-refractivity contribution is 6.03. The smallest absolute Gasteiger partial charge is 0.276 e. The number of anilines is 2. The van der Waals surface area contributed by atoms with Crippen LogP contribution in [0, 0.1) is 19.8 Å². The van der Waals surface area contributed by atoms with E-state index in [4.69, 9.17) is 15.5 Å². The van der Waals surface area contributed by atoms with Crippen molar-refractivity contribution in [3.8, 4) is 0 Å². The fraction of sp³-hybridized carbons (Fsp3) is 0.355. The van der Waals surface area contributed by atoms with E-state index < -0.39 is 5.91 Å². The highest BCUT2D eigenvalue weighted by Crippen LogP contribution is 2.26. The molecule has 3 aromatic heterocycles. The van der Waals surface area contributed by atoms with Gasteiger partial charge in [-0.3, -0.25) is 29.7 Å². The van der Waals surface area contributed by atoms with Crippen molar-refractivity contribution in [1.29, 1.82) is 0 Å². The molecular weight excluding hydrogens is 562 g/mol. The van der Waals surface area contributed by atoms with Crippen LogP contribution in [-0.4, -0.2) is 59.8 Å². The van der Waals surface area contributed by atoms with Crippen LogP contribution in [0.4, 0.5) is 11.9 Å².